The van der Waals surface area contributed by atoms with Crippen molar-refractivity contribution < 1.29 is 23.5 Å². The van der Waals surface area contributed by atoms with Gasteiger partial charge in [-0.05, 0) is 53.0 Å². The van der Waals surface area contributed by atoms with Crippen LogP contribution >= 0.6 is 11.3 Å². The molecule has 3 N–H and O–H groups in total. The highest BCUT2D eigenvalue weighted by molar-refractivity contribution is 7.17. The van der Waals surface area contributed by atoms with E-state index in [2.05, 4.69) is 27.5 Å². The molecule has 2 atom stereocenters. The van der Waals surface area contributed by atoms with Crippen LogP contribution in [0.2, 0.25) is 0 Å². The van der Waals surface area contributed by atoms with Gasteiger partial charge in [0.1, 0.15) is 11.5 Å². The highest BCUT2D eigenvalue weighted by atomic mass is 32.1. The standard InChI is InChI=1S/C25H35F2N5O3S/c1-6-7-15-9-8-14(2)32(15)24(35)19-20(36-23(30-19)22(34)28-10-11-33)17-13-29-18(31-25(3,4)5)12-16(17)21(26)27/h12-15,21,33H,6-11H2,1-5H3,(H,28,34)(H,29,31). The zero-order valence-electron chi connectivity index (χ0n) is 21.4. The van der Waals surface area contributed by atoms with E-state index in [4.69, 9.17) is 5.11 Å². The molecule has 2 aromatic rings. The Morgan fingerprint density at radius 1 is 1.31 bits per heavy atom. The number of alkyl halides is 2. The summed E-state index contributed by atoms with van der Waals surface area (Å²) < 4.78 is 28.5. The Labute approximate surface area is 214 Å². The van der Waals surface area contributed by atoms with Crippen LogP contribution in [0.15, 0.2) is 12.3 Å². The predicted molar refractivity (Wildman–Crippen MR) is 137 cm³/mol. The fourth-order valence-corrected chi connectivity index (χ4v) is 5.47. The van der Waals surface area contributed by atoms with Gasteiger partial charge in [-0.2, -0.15) is 0 Å². The first kappa shape index (κ1) is 27.9. The van der Waals surface area contributed by atoms with Gasteiger partial charge in [-0.25, -0.2) is 18.7 Å². The van der Waals surface area contributed by atoms with Crippen molar-refractivity contribution in [3.63, 3.8) is 0 Å². The molecule has 36 heavy (non-hydrogen) atoms. The Bertz CT molecular complexity index is 1080. The van der Waals surface area contributed by atoms with Crippen molar-refractivity contribution in [2.75, 3.05) is 18.5 Å². The van der Waals surface area contributed by atoms with Gasteiger partial charge in [0.2, 0.25) is 0 Å². The van der Waals surface area contributed by atoms with Crippen molar-refractivity contribution in [2.24, 2.45) is 0 Å². The summed E-state index contributed by atoms with van der Waals surface area (Å²) in [6.45, 7) is 9.45. The van der Waals surface area contributed by atoms with E-state index in [0.717, 1.165) is 37.0 Å². The van der Waals surface area contributed by atoms with Crippen LogP contribution in [0.3, 0.4) is 0 Å². The van der Waals surface area contributed by atoms with Gasteiger partial charge >= 0.3 is 0 Å². The second kappa shape index (κ2) is 11.6. The maximum atomic E-state index is 14.2. The molecule has 0 saturated carbocycles. The monoisotopic (exact) mass is 523 g/mol. The van der Waals surface area contributed by atoms with Crippen molar-refractivity contribution in [2.45, 2.75) is 84.4 Å². The molecule has 1 aliphatic rings. The molecular formula is C25H35F2N5O3S. The van der Waals surface area contributed by atoms with Crippen LogP contribution in [-0.2, 0) is 0 Å². The SMILES string of the molecule is CCCC1CCC(C)N1C(=O)c1nc(C(=O)NCCO)sc1-c1cnc(NC(C)(C)C)cc1C(F)F. The van der Waals surface area contributed by atoms with E-state index in [1.165, 1.54) is 12.3 Å². The average Bonchev–Trinajstić information content (AvgIpc) is 3.40. The molecule has 1 aliphatic heterocycles. The zero-order chi connectivity index (χ0) is 26.6. The van der Waals surface area contributed by atoms with Crippen LogP contribution in [0.4, 0.5) is 14.6 Å². The molecule has 0 aliphatic carbocycles. The second-order valence-corrected chi connectivity index (χ2v) is 11.1. The Kier molecular flexibility index (Phi) is 8.99. The third kappa shape index (κ3) is 6.36. The third-order valence-corrected chi connectivity index (χ3v) is 7.07. The smallest absolute Gasteiger partial charge is 0.280 e. The number of hydrogen-bond acceptors (Lipinski definition) is 7. The fourth-order valence-electron chi connectivity index (χ4n) is 4.46. The Morgan fingerprint density at radius 3 is 2.64 bits per heavy atom. The highest BCUT2D eigenvalue weighted by Gasteiger charge is 2.37. The van der Waals surface area contributed by atoms with E-state index in [-0.39, 0.29) is 63.7 Å². The van der Waals surface area contributed by atoms with Gasteiger partial charge in [0.25, 0.3) is 18.2 Å². The normalized spacial score (nSPS) is 18.1. The number of carbonyl (C=O) groups excluding carboxylic acids is 2. The van der Waals surface area contributed by atoms with Crippen LogP contribution in [0.5, 0.6) is 0 Å². The largest absolute Gasteiger partial charge is 0.395 e. The molecule has 198 valence electrons. The Balaban J connectivity index is 2.13. The van der Waals surface area contributed by atoms with E-state index in [0.29, 0.717) is 0 Å². The van der Waals surface area contributed by atoms with E-state index in [9.17, 15) is 18.4 Å². The summed E-state index contributed by atoms with van der Waals surface area (Å²) in [5, 5.41) is 14.6. The lowest BCUT2D eigenvalue weighted by Gasteiger charge is -2.28. The van der Waals surface area contributed by atoms with Crippen LogP contribution < -0.4 is 10.6 Å². The topological polar surface area (TPSA) is 107 Å². The number of carbonyl (C=O) groups is 2. The van der Waals surface area contributed by atoms with Crippen LogP contribution in [0.25, 0.3) is 10.4 Å². The van der Waals surface area contributed by atoms with Crippen molar-refractivity contribution in [3.05, 3.63) is 28.5 Å². The van der Waals surface area contributed by atoms with Crippen molar-refractivity contribution >= 4 is 29.0 Å². The van der Waals surface area contributed by atoms with Gasteiger partial charge in [0.05, 0.1) is 11.5 Å². The number of likely N-dealkylation sites (tertiary alicyclic amines) is 1. The summed E-state index contributed by atoms with van der Waals surface area (Å²) >= 11 is 0.879. The van der Waals surface area contributed by atoms with Gasteiger partial charge in [0.15, 0.2) is 5.01 Å². The number of aromatic nitrogens is 2. The maximum Gasteiger partial charge on any atom is 0.280 e. The molecular weight excluding hydrogens is 488 g/mol. The first-order chi connectivity index (χ1) is 17.0. The van der Waals surface area contributed by atoms with E-state index < -0.39 is 17.9 Å². The Hall–Kier alpha value is -2.66. The molecule has 1 fully saturated rings. The molecule has 3 heterocycles. The van der Waals surface area contributed by atoms with Gasteiger partial charge in [-0.3, -0.25) is 9.59 Å². The summed E-state index contributed by atoms with van der Waals surface area (Å²) in [7, 11) is 0. The van der Waals surface area contributed by atoms with Crippen LogP contribution in [-0.4, -0.2) is 62.6 Å². The molecule has 11 heteroatoms. The summed E-state index contributed by atoms with van der Waals surface area (Å²) in [6.07, 6.45) is 1.92. The minimum absolute atomic E-state index is 0.00969. The molecule has 0 aromatic carbocycles. The predicted octanol–water partition coefficient (Wildman–Crippen LogP) is 4.87. The number of hydrogen-bond donors (Lipinski definition) is 3. The summed E-state index contributed by atoms with van der Waals surface area (Å²) in [6, 6.07) is 1.29. The number of halogens is 2. The maximum absolute atomic E-state index is 14.2. The molecule has 2 amide bonds. The molecule has 0 radical (unpaired) electrons. The van der Waals surface area contributed by atoms with Crippen molar-refractivity contribution in [1.82, 2.24) is 20.2 Å². The molecule has 8 nitrogen and oxygen atoms in total. The molecule has 3 rings (SSSR count). The van der Waals surface area contributed by atoms with Gasteiger partial charge < -0.3 is 20.6 Å². The number of thiazole rings is 1. The van der Waals surface area contributed by atoms with Gasteiger partial charge in [-0.15, -0.1) is 11.3 Å². The number of aliphatic hydroxyl groups is 1. The zero-order valence-corrected chi connectivity index (χ0v) is 22.2. The lowest BCUT2D eigenvalue weighted by molar-refractivity contribution is 0.0667. The molecule has 0 spiro atoms. The number of nitrogens with one attached hydrogen (secondary N) is 2. The summed E-state index contributed by atoms with van der Waals surface area (Å²) in [5.74, 6) is -0.662. The molecule has 0 bridgehead atoms. The van der Waals surface area contributed by atoms with Crippen molar-refractivity contribution in [3.8, 4) is 10.4 Å². The quantitative estimate of drug-likeness (QED) is 0.433. The lowest BCUT2D eigenvalue weighted by Crippen LogP contribution is -2.40. The summed E-state index contributed by atoms with van der Waals surface area (Å²) in [4.78, 5) is 37.1. The third-order valence-electron chi connectivity index (χ3n) is 5.98. The Morgan fingerprint density at radius 2 is 2.03 bits per heavy atom. The number of anilines is 1. The molecule has 2 aromatic heterocycles. The van der Waals surface area contributed by atoms with E-state index in [1.807, 2.05) is 27.7 Å². The molecule has 2 unspecified atom stereocenters. The van der Waals surface area contributed by atoms with E-state index >= 15 is 0 Å². The fraction of sp³-hybridized carbons (Fsp3) is 0.600. The first-order valence-electron chi connectivity index (χ1n) is 12.3. The first-order valence-corrected chi connectivity index (χ1v) is 13.1. The molecule has 1 saturated heterocycles. The minimum atomic E-state index is -2.83. The number of rotatable bonds is 9. The van der Waals surface area contributed by atoms with Gasteiger partial charge in [0, 0.05) is 41.5 Å². The second-order valence-electron chi connectivity index (χ2n) is 10.1. The van der Waals surface area contributed by atoms with Crippen LogP contribution in [0, 0.1) is 0 Å². The number of pyridine rings is 1. The lowest BCUT2D eigenvalue weighted by atomic mass is 10.1. The van der Waals surface area contributed by atoms with Gasteiger partial charge in [-0.1, -0.05) is 13.3 Å². The minimum Gasteiger partial charge on any atom is -0.395 e. The number of amides is 2. The van der Waals surface area contributed by atoms with E-state index in [1.54, 1.807) is 4.90 Å². The summed E-state index contributed by atoms with van der Waals surface area (Å²) in [5.41, 5.74) is -0.636. The number of aliphatic hydroxyl groups excluding tert-OH is 1. The van der Waals surface area contributed by atoms with Crippen LogP contribution in [0.1, 0.15) is 92.6 Å². The average molecular weight is 524 g/mol. The number of nitrogens with zero attached hydrogens (tertiary/aromatic N) is 3. The highest BCUT2D eigenvalue weighted by Crippen LogP contribution is 2.39. The van der Waals surface area contributed by atoms with Crippen molar-refractivity contribution in [1.29, 1.82) is 0 Å².